The standard InChI is InChI=1S/C20H26N6O.HI/c1-15(2)27-14-17-8-6-7-16(11-17)12-22-20(21-3)23-13-19-25-24-18-9-4-5-10-26(18)19;/h4-11,15H,12-14H2,1-3H3,(H2,21,22,23);1H. The number of guanidine groups is 1. The number of halogens is 1. The highest BCUT2D eigenvalue weighted by Crippen LogP contribution is 2.08. The number of ether oxygens (including phenoxy) is 1. The van der Waals surface area contributed by atoms with Gasteiger partial charge in [0, 0.05) is 19.8 Å². The fourth-order valence-corrected chi connectivity index (χ4v) is 2.67. The molecule has 28 heavy (non-hydrogen) atoms. The van der Waals surface area contributed by atoms with E-state index in [1.807, 2.05) is 42.6 Å². The van der Waals surface area contributed by atoms with Crippen molar-refractivity contribution in [1.82, 2.24) is 25.2 Å². The second-order valence-corrected chi connectivity index (χ2v) is 6.50. The topological polar surface area (TPSA) is 75.8 Å². The summed E-state index contributed by atoms with van der Waals surface area (Å²) in [5.74, 6) is 1.55. The maximum atomic E-state index is 5.67. The van der Waals surface area contributed by atoms with E-state index in [0.29, 0.717) is 25.7 Å². The van der Waals surface area contributed by atoms with E-state index in [0.717, 1.165) is 11.5 Å². The van der Waals surface area contributed by atoms with Crippen LogP contribution in [0.2, 0.25) is 0 Å². The molecule has 2 heterocycles. The number of fused-ring (bicyclic) bond motifs is 1. The van der Waals surface area contributed by atoms with Crippen LogP contribution < -0.4 is 10.6 Å². The minimum atomic E-state index is 0. The number of nitrogens with zero attached hydrogens (tertiary/aromatic N) is 4. The molecule has 8 heteroatoms. The van der Waals surface area contributed by atoms with Gasteiger partial charge in [0.1, 0.15) is 0 Å². The highest BCUT2D eigenvalue weighted by Gasteiger charge is 2.06. The van der Waals surface area contributed by atoms with Gasteiger partial charge in [-0.15, -0.1) is 34.2 Å². The first-order valence-corrected chi connectivity index (χ1v) is 9.08. The number of rotatable bonds is 7. The zero-order chi connectivity index (χ0) is 19.1. The highest BCUT2D eigenvalue weighted by atomic mass is 127. The predicted molar refractivity (Wildman–Crippen MR) is 122 cm³/mol. The molecule has 0 fully saturated rings. The summed E-state index contributed by atoms with van der Waals surface area (Å²) in [6.07, 6.45) is 2.18. The third-order valence-electron chi connectivity index (χ3n) is 4.06. The zero-order valence-electron chi connectivity index (χ0n) is 16.4. The Morgan fingerprint density at radius 3 is 2.64 bits per heavy atom. The van der Waals surface area contributed by atoms with E-state index < -0.39 is 0 Å². The van der Waals surface area contributed by atoms with Crippen LogP contribution in [-0.4, -0.2) is 33.7 Å². The summed E-state index contributed by atoms with van der Waals surface area (Å²) >= 11 is 0. The van der Waals surface area contributed by atoms with Crippen LogP contribution >= 0.6 is 24.0 Å². The molecule has 0 radical (unpaired) electrons. The summed E-state index contributed by atoms with van der Waals surface area (Å²) in [6.45, 7) is 5.92. The van der Waals surface area contributed by atoms with Crippen molar-refractivity contribution in [2.75, 3.05) is 7.05 Å². The van der Waals surface area contributed by atoms with Crippen molar-refractivity contribution >= 4 is 35.6 Å². The molecule has 3 aromatic rings. The van der Waals surface area contributed by atoms with Crippen molar-refractivity contribution in [1.29, 1.82) is 0 Å². The van der Waals surface area contributed by atoms with Gasteiger partial charge in [0.25, 0.3) is 0 Å². The third-order valence-corrected chi connectivity index (χ3v) is 4.06. The van der Waals surface area contributed by atoms with Crippen LogP contribution in [0.25, 0.3) is 5.65 Å². The molecular formula is C20H27IN6O. The molecule has 0 saturated heterocycles. The molecule has 0 saturated carbocycles. The fraction of sp³-hybridized carbons (Fsp3) is 0.350. The van der Waals surface area contributed by atoms with Crippen molar-refractivity contribution in [3.8, 4) is 0 Å². The maximum absolute atomic E-state index is 5.67. The van der Waals surface area contributed by atoms with Gasteiger partial charge in [0.2, 0.25) is 0 Å². The molecule has 0 spiro atoms. The first-order chi connectivity index (χ1) is 13.2. The van der Waals surface area contributed by atoms with Gasteiger partial charge in [-0.2, -0.15) is 0 Å². The SMILES string of the molecule is CN=C(NCc1cccc(COC(C)C)c1)NCc1nnc2ccccn12.I. The molecule has 0 amide bonds. The van der Waals surface area contributed by atoms with Crippen LogP contribution in [0.5, 0.6) is 0 Å². The van der Waals surface area contributed by atoms with Crippen LogP contribution in [0.4, 0.5) is 0 Å². The third kappa shape index (κ3) is 6.16. The summed E-state index contributed by atoms with van der Waals surface area (Å²) in [7, 11) is 1.75. The monoisotopic (exact) mass is 494 g/mol. The van der Waals surface area contributed by atoms with Gasteiger partial charge in [0.15, 0.2) is 17.4 Å². The Morgan fingerprint density at radius 1 is 1.07 bits per heavy atom. The van der Waals surface area contributed by atoms with Crippen molar-refractivity contribution in [2.24, 2.45) is 4.99 Å². The summed E-state index contributed by atoms with van der Waals surface area (Å²) in [6, 6.07) is 14.2. The Hall–Kier alpha value is -2.20. The number of pyridine rings is 1. The molecule has 3 rings (SSSR count). The van der Waals surface area contributed by atoms with Gasteiger partial charge in [-0.3, -0.25) is 9.39 Å². The maximum Gasteiger partial charge on any atom is 0.191 e. The summed E-state index contributed by atoms with van der Waals surface area (Å²) in [5.41, 5.74) is 3.18. The van der Waals surface area contributed by atoms with Crippen molar-refractivity contribution in [3.63, 3.8) is 0 Å². The van der Waals surface area contributed by atoms with Gasteiger partial charge >= 0.3 is 0 Å². The second kappa shape index (κ2) is 11.0. The first-order valence-electron chi connectivity index (χ1n) is 9.08. The second-order valence-electron chi connectivity index (χ2n) is 6.50. The van der Waals surface area contributed by atoms with Crippen LogP contribution in [0.3, 0.4) is 0 Å². The Bertz CT molecular complexity index is 908. The molecule has 2 aromatic heterocycles. The number of aliphatic imine (C=N–C) groups is 1. The van der Waals surface area contributed by atoms with E-state index in [-0.39, 0.29) is 30.1 Å². The van der Waals surface area contributed by atoms with E-state index in [9.17, 15) is 0 Å². The lowest BCUT2D eigenvalue weighted by Crippen LogP contribution is -2.36. The number of hydrogen-bond acceptors (Lipinski definition) is 4. The van der Waals surface area contributed by atoms with Gasteiger partial charge in [-0.25, -0.2) is 0 Å². The summed E-state index contributed by atoms with van der Waals surface area (Å²) in [5, 5.41) is 15.0. The van der Waals surface area contributed by atoms with Crippen LogP contribution in [0, 0.1) is 0 Å². The van der Waals surface area contributed by atoms with Crippen LogP contribution in [-0.2, 0) is 24.4 Å². The number of hydrogen-bond donors (Lipinski definition) is 2. The minimum absolute atomic E-state index is 0. The average molecular weight is 494 g/mol. The Morgan fingerprint density at radius 2 is 1.86 bits per heavy atom. The molecule has 0 aliphatic carbocycles. The van der Waals surface area contributed by atoms with Crippen molar-refractivity contribution in [3.05, 3.63) is 65.6 Å². The molecule has 7 nitrogen and oxygen atoms in total. The van der Waals surface area contributed by atoms with Crippen LogP contribution in [0.15, 0.2) is 53.7 Å². The van der Waals surface area contributed by atoms with Gasteiger partial charge in [-0.05, 0) is 37.1 Å². The normalized spacial score (nSPS) is 11.5. The average Bonchev–Trinajstić information content (AvgIpc) is 3.10. The molecule has 150 valence electrons. The lowest BCUT2D eigenvalue weighted by Gasteiger charge is -2.12. The van der Waals surface area contributed by atoms with Crippen molar-refractivity contribution in [2.45, 2.75) is 39.6 Å². The molecule has 0 aliphatic rings. The number of benzene rings is 1. The Balaban J connectivity index is 0.00000280. The van der Waals surface area contributed by atoms with Crippen molar-refractivity contribution < 1.29 is 4.74 Å². The minimum Gasteiger partial charge on any atom is -0.374 e. The lowest BCUT2D eigenvalue weighted by atomic mass is 10.1. The first kappa shape index (κ1) is 22.1. The quantitative estimate of drug-likeness (QED) is 0.300. The molecular weight excluding hydrogens is 467 g/mol. The summed E-state index contributed by atoms with van der Waals surface area (Å²) < 4.78 is 7.63. The number of nitrogens with one attached hydrogen (secondary N) is 2. The zero-order valence-corrected chi connectivity index (χ0v) is 18.8. The molecule has 2 N–H and O–H groups in total. The van der Waals surface area contributed by atoms with Crippen LogP contribution in [0.1, 0.15) is 30.8 Å². The highest BCUT2D eigenvalue weighted by molar-refractivity contribution is 14.0. The fourth-order valence-electron chi connectivity index (χ4n) is 2.67. The number of aromatic nitrogens is 3. The lowest BCUT2D eigenvalue weighted by molar-refractivity contribution is 0.0657. The van der Waals surface area contributed by atoms with E-state index in [1.165, 1.54) is 11.1 Å². The van der Waals surface area contributed by atoms with Gasteiger partial charge in [0.05, 0.1) is 19.3 Å². The van der Waals surface area contributed by atoms with E-state index in [4.69, 9.17) is 4.74 Å². The Labute approximate surface area is 182 Å². The predicted octanol–water partition coefficient (Wildman–Crippen LogP) is 3.14. The van der Waals surface area contributed by atoms with Gasteiger partial charge < -0.3 is 15.4 Å². The van der Waals surface area contributed by atoms with Gasteiger partial charge in [-0.1, -0.05) is 30.3 Å². The molecule has 0 unspecified atom stereocenters. The van der Waals surface area contributed by atoms with E-state index in [1.54, 1.807) is 7.05 Å². The molecule has 0 atom stereocenters. The van der Waals surface area contributed by atoms with E-state index >= 15 is 0 Å². The molecule has 0 bridgehead atoms. The smallest absolute Gasteiger partial charge is 0.191 e. The van der Waals surface area contributed by atoms with E-state index in [2.05, 4.69) is 50.1 Å². The largest absolute Gasteiger partial charge is 0.374 e. The Kier molecular flexibility index (Phi) is 8.65. The molecule has 1 aromatic carbocycles. The molecule has 0 aliphatic heterocycles. The summed E-state index contributed by atoms with van der Waals surface area (Å²) in [4.78, 5) is 4.28.